The summed E-state index contributed by atoms with van der Waals surface area (Å²) in [6.45, 7) is 5.45. The van der Waals surface area contributed by atoms with Gasteiger partial charge >= 0.3 is 7.12 Å². The Labute approximate surface area is 140 Å². The lowest BCUT2D eigenvalue weighted by molar-refractivity contribution is -0.116. The number of carbonyl (C=O) groups is 1. The zero-order valence-electron chi connectivity index (χ0n) is 12.8. The quantitative estimate of drug-likeness (QED) is 0.543. The Hall–Kier alpha value is -1.44. The molecular formula is C16H20BNO4S. The predicted molar refractivity (Wildman–Crippen MR) is 92.9 cm³/mol. The molecule has 3 N–H and O–H groups in total. The molecule has 0 aliphatic carbocycles. The first-order chi connectivity index (χ1) is 11.0. The first-order valence-corrected chi connectivity index (χ1v) is 8.78. The highest BCUT2D eigenvalue weighted by Gasteiger charge is 2.37. The number of thioether (sulfide) groups is 1. The van der Waals surface area contributed by atoms with Gasteiger partial charge in [0.05, 0.1) is 11.3 Å². The van der Waals surface area contributed by atoms with E-state index in [2.05, 4.69) is 11.9 Å². The predicted octanol–water partition coefficient (Wildman–Crippen LogP) is 1.67. The second-order valence-corrected chi connectivity index (χ2v) is 7.34. The highest BCUT2D eigenvalue weighted by molar-refractivity contribution is 8.00. The van der Waals surface area contributed by atoms with Crippen molar-refractivity contribution >= 4 is 30.4 Å². The molecule has 0 bridgehead atoms. The van der Waals surface area contributed by atoms with Gasteiger partial charge in [0.25, 0.3) is 0 Å². The van der Waals surface area contributed by atoms with Crippen molar-refractivity contribution in [1.82, 2.24) is 5.32 Å². The van der Waals surface area contributed by atoms with Crippen LogP contribution in [0.3, 0.4) is 0 Å². The zero-order valence-corrected chi connectivity index (χ0v) is 13.6. The molecule has 1 atom stereocenters. The van der Waals surface area contributed by atoms with E-state index < -0.39 is 7.12 Å². The molecule has 2 aliphatic heterocycles. The zero-order chi connectivity index (χ0) is 16.4. The Morgan fingerprint density at radius 2 is 2.26 bits per heavy atom. The van der Waals surface area contributed by atoms with Crippen LogP contribution in [0.25, 0.3) is 5.76 Å². The normalized spacial score (nSPS) is 20.4. The van der Waals surface area contributed by atoms with Crippen LogP contribution in [0.2, 0.25) is 5.82 Å². The molecule has 1 saturated heterocycles. The molecule has 5 nitrogen and oxygen atoms in total. The highest BCUT2D eigenvalue weighted by atomic mass is 32.2. The number of ketones is 1. The Morgan fingerprint density at radius 1 is 1.48 bits per heavy atom. The van der Waals surface area contributed by atoms with Crippen LogP contribution in [0.15, 0.2) is 24.8 Å². The van der Waals surface area contributed by atoms with Crippen molar-refractivity contribution in [3.63, 3.8) is 0 Å². The lowest BCUT2D eigenvalue weighted by Gasteiger charge is -2.29. The molecule has 1 aromatic carbocycles. The third-order valence-electron chi connectivity index (χ3n) is 4.25. The second kappa shape index (κ2) is 6.99. The highest BCUT2D eigenvalue weighted by Crippen LogP contribution is 2.38. The first-order valence-electron chi connectivity index (χ1n) is 7.73. The molecule has 2 heterocycles. The number of aliphatic hydroxyl groups is 1. The van der Waals surface area contributed by atoms with Crippen LogP contribution >= 0.6 is 11.8 Å². The third kappa shape index (κ3) is 3.73. The molecule has 122 valence electrons. The number of rotatable bonds is 6. The summed E-state index contributed by atoms with van der Waals surface area (Å²) in [6.07, 6.45) is 0.858. The SMILES string of the molecule is C=C(O)c1cccc2c1OB(O)[C@@H](CC(=O)CSC1CNC1)C2. The lowest BCUT2D eigenvalue weighted by atomic mass is 9.64. The summed E-state index contributed by atoms with van der Waals surface area (Å²) in [6, 6.07) is 5.40. The molecule has 23 heavy (non-hydrogen) atoms. The molecule has 0 unspecified atom stereocenters. The molecule has 0 amide bonds. The van der Waals surface area contributed by atoms with Crippen molar-refractivity contribution in [2.45, 2.75) is 23.9 Å². The van der Waals surface area contributed by atoms with Gasteiger partial charge in [0, 0.05) is 30.6 Å². The van der Waals surface area contributed by atoms with E-state index in [0.717, 1.165) is 18.7 Å². The van der Waals surface area contributed by atoms with Gasteiger partial charge in [-0.1, -0.05) is 18.7 Å². The fourth-order valence-corrected chi connectivity index (χ4v) is 3.84. The average Bonchev–Trinajstić information content (AvgIpc) is 2.45. The van der Waals surface area contributed by atoms with E-state index in [1.54, 1.807) is 17.8 Å². The summed E-state index contributed by atoms with van der Waals surface area (Å²) in [4.78, 5) is 12.1. The van der Waals surface area contributed by atoms with Crippen LogP contribution in [0.1, 0.15) is 17.5 Å². The Morgan fingerprint density at radius 3 is 2.91 bits per heavy atom. The van der Waals surface area contributed by atoms with Gasteiger partial charge in [0.15, 0.2) is 0 Å². The smallest absolute Gasteiger partial charge is 0.526 e. The van der Waals surface area contributed by atoms with Crippen molar-refractivity contribution in [2.75, 3.05) is 18.8 Å². The summed E-state index contributed by atoms with van der Waals surface area (Å²) < 4.78 is 5.56. The Kier molecular flexibility index (Phi) is 4.99. The minimum Gasteiger partial charge on any atom is -0.535 e. The van der Waals surface area contributed by atoms with E-state index in [0.29, 0.717) is 35.2 Å². The van der Waals surface area contributed by atoms with Gasteiger partial charge in [-0.15, -0.1) is 11.8 Å². The van der Waals surface area contributed by atoms with Gasteiger partial charge in [-0.05, 0) is 18.1 Å². The molecule has 0 radical (unpaired) electrons. The summed E-state index contributed by atoms with van der Waals surface area (Å²) in [7, 11) is -1.04. The van der Waals surface area contributed by atoms with Crippen LogP contribution < -0.4 is 9.97 Å². The Bertz CT molecular complexity index is 620. The summed E-state index contributed by atoms with van der Waals surface area (Å²) >= 11 is 1.67. The minimum atomic E-state index is -1.04. The number of Topliss-reactive ketones (excluding diaryl/α,β-unsaturated/α-hetero) is 1. The van der Waals surface area contributed by atoms with Gasteiger partial charge in [0.2, 0.25) is 0 Å². The lowest BCUT2D eigenvalue weighted by Crippen LogP contribution is -2.45. The van der Waals surface area contributed by atoms with Crippen LogP contribution in [-0.4, -0.2) is 47.1 Å². The van der Waals surface area contributed by atoms with E-state index in [-0.39, 0.29) is 17.4 Å². The van der Waals surface area contributed by atoms with Crippen molar-refractivity contribution in [3.8, 4) is 5.75 Å². The molecule has 1 aromatic rings. The van der Waals surface area contributed by atoms with E-state index in [1.807, 2.05) is 12.1 Å². The molecule has 1 fully saturated rings. The standard InChI is InChI=1S/C16H20BNO4S/c1-10(19)15-4-2-3-11-5-12(17(21)22-16(11)15)6-13(20)9-23-14-7-18-8-14/h2-4,12,14,18-19,21H,1,5-9H2/t12-/m1/s1. The number of nitrogens with one attached hydrogen (secondary N) is 1. The number of fused-ring (bicyclic) bond motifs is 1. The maximum atomic E-state index is 12.1. The Balaban J connectivity index is 1.62. The monoisotopic (exact) mass is 333 g/mol. The van der Waals surface area contributed by atoms with E-state index in [4.69, 9.17) is 4.65 Å². The van der Waals surface area contributed by atoms with Gasteiger partial charge in [-0.2, -0.15) is 0 Å². The average molecular weight is 333 g/mol. The fourth-order valence-electron chi connectivity index (χ4n) is 2.83. The largest absolute Gasteiger partial charge is 0.535 e. The van der Waals surface area contributed by atoms with Gasteiger partial charge in [-0.25, -0.2) is 0 Å². The molecule has 7 heteroatoms. The van der Waals surface area contributed by atoms with E-state index >= 15 is 0 Å². The molecule has 2 aliphatic rings. The maximum absolute atomic E-state index is 12.1. The number of benzene rings is 1. The third-order valence-corrected chi connectivity index (χ3v) is 5.54. The van der Waals surface area contributed by atoms with Crippen molar-refractivity contribution < 1.29 is 19.6 Å². The second-order valence-electron chi connectivity index (χ2n) is 6.05. The number of carbonyl (C=O) groups excluding carboxylic acids is 1. The first kappa shape index (κ1) is 16.4. The molecule has 0 spiro atoms. The van der Waals surface area contributed by atoms with Gasteiger partial charge in [-0.3, -0.25) is 4.79 Å². The van der Waals surface area contributed by atoms with Crippen molar-refractivity contribution in [1.29, 1.82) is 0 Å². The minimum absolute atomic E-state index is 0.0888. The number of hydrogen-bond acceptors (Lipinski definition) is 6. The molecule has 0 saturated carbocycles. The van der Waals surface area contributed by atoms with Crippen LogP contribution in [0.5, 0.6) is 5.75 Å². The molecular weight excluding hydrogens is 313 g/mol. The molecule has 3 rings (SSSR count). The number of hydrogen-bond donors (Lipinski definition) is 3. The number of para-hydroxylation sites is 1. The van der Waals surface area contributed by atoms with Crippen molar-refractivity contribution in [2.24, 2.45) is 0 Å². The summed E-state index contributed by atoms with van der Waals surface area (Å²) in [5.41, 5.74) is 1.37. The fraction of sp³-hybridized carbons (Fsp3) is 0.438. The van der Waals surface area contributed by atoms with Crippen LogP contribution in [0, 0.1) is 0 Å². The van der Waals surface area contributed by atoms with Gasteiger partial charge < -0.3 is 20.1 Å². The van der Waals surface area contributed by atoms with E-state index in [9.17, 15) is 14.9 Å². The topological polar surface area (TPSA) is 78.8 Å². The summed E-state index contributed by atoms with van der Waals surface area (Å²) in [5.74, 6) is 0.744. The number of aliphatic hydroxyl groups excluding tert-OH is 1. The van der Waals surface area contributed by atoms with E-state index in [1.165, 1.54) is 0 Å². The van der Waals surface area contributed by atoms with Crippen LogP contribution in [-0.2, 0) is 11.2 Å². The maximum Gasteiger partial charge on any atom is 0.526 e. The molecule has 0 aromatic heterocycles. The van der Waals surface area contributed by atoms with Crippen LogP contribution in [0.4, 0.5) is 0 Å². The summed E-state index contributed by atoms with van der Waals surface area (Å²) in [5, 5.41) is 23.5. The van der Waals surface area contributed by atoms with Gasteiger partial charge in [0.1, 0.15) is 17.3 Å². The van der Waals surface area contributed by atoms with Crippen molar-refractivity contribution in [3.05, 3.63) is 35.9 Å².